The maximum absolute atomic E-state index is 12.9. The molecule has 13 nitrogen and oxygen atoms in total. The van der Waals surface area contributed by atoms with Crippen LogP contribution in [0.1, 0.15) is 18.9 Å². The number of aromatic hydroxyl groups is 1. The predicted octanol–water partition coefficient (Wildman–Crippen LogP) is -3.01. The van der Waals surface area contributed by atoms with E-state index in [-0.39, 0.29) is 17.9 Å². The van der Waals surface area contributed by atoms with Gasteiger partial charge in [-0.25, -0.2) is 4.79 Å². The van der Waals surface area contributed by atoms with E-state index in [9.17, 15) is 39.3 Å². The summed E-state index contributed by atoms with van der Waals surface area (Å²) in [7, 11) is 0. The van der Waals surface area contributed by atoms with Crippen molar-refractivity contribution in [3.63, 3.8) is 0 Å². The van der Waals surface area contributed by atoms with Crippen molar-refractivity contribution in [1.29, 1.82) is 0 Å². The largest absolute Gasteiger partial charge is 0.508 e. The molecule has 0 bridgehead atoms. The summed E-state index contributed by atoms with van der Waals surface area (Å²) in [5.41, 5.74) is 11.2. The van der Waals surface area contributed by atoms with Crippen molar-refractivity contribution < 1.29 is 39.3 Å². The number of phenols is 1. The van der Waals surface area contributed by atoms with Gasteiger partial charge >= 0.3 is 5.97 Å². The fraction of sp³-hybridized carbons (Fsp3) is 0.450. The third-order valence-corrected chi connectivity index (χ3v) is 5.02. The van der Waals surface area contributed by atoms with Gasteiger partial charge in [-0.1, -0.05) is 12.1 Å². The molecule has 5 atom stereocenters. The van der Waals surface area contributed by atoms with Crippen LogP contribution in [-0.2, 0) is 30.4 Å². The average molecular weight is 500 g/mol. The Bertz CT molecular complexity index is 895. The molecule has 1 aromatic carbocycles. The maximum atomic E-state index is 12.9. The summed E-state index contributed by atoms with van der Waals surface area (Å²) in [6.45, 7) is 1.16. The quantitative estimate of drug-likeness (QED) is 0.125. The maximum Gasteiger partial charge on any atom is 0.328 e. The number of hydrogen-bond acceptors (Lipinski definition) is 9. The second-order valence-electron chi connectivity index (χ2n) is 7.52. The summed E-state index contributed by atoms with van der Waals surface area (Å²) >= 11 is 3.89. The summed E-state index contributed by atoms with van der Waals surface area (Å²) in [5, 5.41) is 35.1. The van der Waals surface area contributed by atoms with Gasteiger partial charge in [0.1, 0.15) is 17.8 Å². The zero-order chi connectivity index (χ0) is 26.0. The second kappa shape index (κ2) is 13.4. The number of nitrogens with one attached hydrogen (secondary N) is 3. The van der Waals surface area contributed by atoms with Gasteiger partial charge in [-0.15, -0.1) is 0 Å². The van der Waals surface area contributed by atoms with Crippen LogP contribution in [0.4, 0.5) is 0 Å². The molecule has 0 saturated carbocycles. The van der Waals surface area contributed by atoms with Crippen LogP contribution < -0.4 is 27.4 Å². The monoisotopic (exact) mass is 499 g/mol. The molecule has 0 spiro atoms. The van der Waals surface area contributed by atoms with Gasteiger partial charge in [-0.3, -0.25) is 19.2 Å². The zero-order valence-corrected chi connectivity index (χ0v) is 19.2. The number of thiol groups is 1. The molecule has 1 rings (SSSR count). The predicted molar refractivity (Wildman–Crippen MR) is 123 cm³/mol. The number of benzene rings is 1. The summed E-state index contributed by atoms with van der Waals surface area (Å²) in [6.07, 6.45) is -2.20. The highest BCUT2D eigenvalue weighted by atomic mass is 32.1. The SMILES string of the molecule is CC(O)C(NC(=O)C(Cc1ccc(O)cc1)NC(=O)C(CC(N)=O)NC(=O)C(N)CS)C(=O)O. The van der Waals surface area contributed by atoms with E-state index < -0.39 is 66.3 Å². The number of rotatable bonds is 13. The van der Waals surface area contributed by atoms with Crippen molar-refractivity contribution in [3.8, 4) is 5.75 Å². The Morgan fingerprint density at radius 2 is 1.50 bits per heavy atom. The molecule has 5 unspecified atom stereocenters. The van der Waals surface area contributed by atoms with Gasteiger partial charge in [0.15, 0.2) is 6.04 Å². The minimum Gasteiger partial charge on any atom is -0.508 e. The van der Waals surface area contributed by atoms with Crippen molar-refractivity contribution in [1.82, 2.24) is 16.0 Å². The van der Waals surface area contributed by atoms with Crippen LogP contribution in [0.25, 0.3) is 0 Å². The highest BCUT2D eigenvalue weighted by Gasteiger charge is 2.32. The molecule has 0 fully saturated rings. The van der Waals surface area contributed by atoms with E-state index in [0.29, 0.717) is 5.56 Å². The molecule has 14 heteroatoms. The van der Waals surface area contributed by atoms with E-state index in [1.54, 1.807) is 0 Å². The molecule has 0 heterocycles. The van der Waals surface area contributed by atoms with Gasteiger partial charge < -0.3 is 42.7 Å². The fourth-order valence-corrected chi connectivity index (χ4v) is 2.93. The minimum atomic E-state index is -1.67. The third kappa shape index (κ3) is 9.25. The lowest BCUT2D eigenvalue weighted by Gasteiger charge is -2.25. The van der Waals surface area contributed by atoms with Crippen LogP contribution in [0, 0.1) is 0 Å². The Hall–Kier alpha value is -3.36. The number of carbonyl (C=O) groups is 5. The van der Waals surface area contributed by atoms with Crippen molar-refractivity contribution in [2.24, 2.45) is 11.5 Å². The van der Waals surface area contributed by atoms with E-state index in [1.165, 1.54) is 24.3 Å². The molecule has 0 radical (unpaired) electrons. The fourth-order valence-electron chi connectivity index (χ4n) is 2.76. The van der Waals surface area contributed by atoms with Crippen LogP contribution in [-0.4, -0.2) is 80.9 Å². The Balaban J connectivity index is 3.16. The smallest absolute Gasteiger partial charge is 0.328 e. The van der Waals surface area contributed by atoms with Gasteiger partial charge in [-0.05, 0) is 24.6 Å². The van der Waals surface area contributed by atoms with Crippen molar-refractivity contribution in [2.75, 3.05) is 5.75 Å². The van der Waals surface area contributed by atoms with Crippen molar-refractivity contribution in [3.05, 3.63) is 29.8 Å². The highest BCUT2D eigenvalue weighted by molar-refractivity contribution is 7.80. The van der Waals surface area contributed by atoms with Gasteiger partial charge in [0.25, 0.3) is 0 Å². The number of amides is 4. The molecule has 0 aromatic heterocycles. The molecule has 0 aliphatic rings. The number of aliphatic carboxylic acids is 1. The number of phenolic OH excluding ortho intramolecular Hbond substituents is 1. The first kappa shape index (κ1) is 28.7. The lowest BCUT2D eigenvalue weighted by Crippen LogP contribution is -2.59. The van der Waals surface area contributed by atoms with Gasteiger partial charge in [0, 0.05) is 12.2 Å². The molecule has 10 N–H and O–H groups in total. The summed E-state index contributed by atoms with van der Waals surface area (Å²) in [4.78, 5) is 60.6. The molecule has 34 heavy (non-hydrogen) atoms. The second-order valence-corrected chi connectivity index (χ2v) is 7.88. The zero-order valence-electron chi connectivity index (χ0n) is 18.3. The number of aliphatic hydroxyl groups excluding tert-OH is 1. The number of nitrogens with two attached hydrogens (primary N) is 2. The summed E-state index contributed by atoms with van der Waals surface area (Å²) in [5.74, 6) is -5.20. The van der Waals surface area contributed by atoms with Crippen LogP contribution >= 0.6 is 12.6 Å². The minimum absolute atomic E-state index is 0.0430. The lowest BCUT2D eigenvalue weighted by molar-refractivity contribution is -0.145. The first-order valence-electron chi connectivity index (χ1n) is 10.1. The Kier molecular flexibility index (Phi) is 11.3. The standard InChI is InChI=1S/C20H29N5O8S/c1-9(26)16(20(32)33)25-19(31)13(6-10-2-4-11(27)5-3-10)24-18(30)14(7-15(22)28)23-17(29)12(21)8-34/h2-5,9,12-14,16,26-27,34H,6-8,21H2,1H3,(H2,22,28)(H,23,29)(H,24,30)(H,25,31)(H,32,33). The normalized spacial score (nSPS) is 15.2. The van der Waals surface area contributed by atoms with Gasteiger partial charge in [0.05, 0.1) is 18.6 Å². The molecule has 0 aliphatic heterocycles. The molecule has 0 saturated heterocycles. The van der Waals surface area contributed by atoms with Gasteiger partial charge in [-0.2, -0.15) is 12.6 Å². The number of carboxylic acid groups (broad SMARTS) is 1. The molecule has 1 aromatic rings. The topological polar surface area (TPSA) is 234 Å². The van der Waals surface area contributed by atoms with E-state index in [2.05, 4.69) is 28.6 Å². The van der Waals surface area contributed by atoms with E-state index >= 15 is 0 Å². The molecular weight excluding hydrogens is 470 g/mol. The number of carbonyl (C=O) groups excluding carboxylic acids is 4. The van der Waals surface area contributed by atoms with Crippen LogP contribution in [0.5, 0.6) is 5.75 Å². The summed E-state index contributed by atoms with van der Waals surface area (Å²) < 4.78 is 0. The van der Waals surface area contributed by atoms with E-state index in [0.717, 1.165) is 6.92 Å². The first-order valence-corrected chi connectivity index (χ1v) is 10.7. The van der Waals surface area contributed by atoms with Crippen LogP contribution in [0.15, 0.2) is 24.3 Å². The highest BCUT2D eigenvalue weighted by Crippen LogP contribution is 2.12. The Labute approximate surface area is 200 Å². The molecule has 0 aliphatic carbocycles. The van der Waals surface area contributed by atoms with Crippen LogP contribution in [0.3, 0.4) is 0 Å². The van der Waals surface area contributed by atoms with Crippen LogP contribution in [0.2, 0.25) is 0 Å². The lowest BCUT2D eigenvalue weighted by atomic mass is 10.0. The van der Waals surface area contributed by atoms with Gasteiger partial charge in [0.2, 0.25) is 23.6 Å². The first-order chi connectivity index (χ1) is 15.8. The Morgan fingerprint density at radius 1 is 0.971 bits per heavy atom. The van der Waals surface area contributed by atoms with Crippen molar-refractivity contribution in [2.45, 2.75) is 50.0 Å². The Morgan fingerprint density at radius 3 is 1.97 bits per heavy atom. The number of hydrogen-bond donors (Lipinski definition) is 9. The number of primary amides is 1. The average Bonchev–Trinajstić information content (AvgIpc) is 2.76. The van der Waals surface area contributed by atoms with E-state index in [1.807, 2.05) is 0 Å². The van der Waals surface area contributed by atoms with Crippen molar-refractivity contribution >= 4 is 42.2 Å². The van der Waals surface area contributed by atoms with E-state index in [4.69, 9.17) is 11.5 Å². The molecule has 4 amide bonds. The summed E-state index contributed by atoms with van der Waals surface area (Å²) in [6, 6.07) is 0.0279. The molecule has 188 valence electrons. The number of carboxylic acids is 1. The third-order valence-electron chi connectivity index (χ3n) is 4.63. The number of aliphatic hydroxyl groups is 1. The molecular formula is C20H29N5O8S.